The Morgan fingerprint density at radius 1 is 1.59 bits per heavy atom. The van der Waals surface area contributed by atoms with Gasteiger partial charge in [-0.1, -0.05) is 0 Å². The number of aromatic nitrogens is 4. The Morgan fingerprint density at radius 3 is 3.06 bits per heavy atom. The molecule has 2 aromatic heterocycles. The maximum absolute atomic E-state index is 8.69. The summed E-state index contributed by atoms with van der Waals surface area (Å²) < 4.78 is 1.59. The standard InChI is InChI=1S/C10H11N7/c1-17-9(12)7(6-15-17)5-14-10-13-3-2-8(4-11)16-10/h2-3,6H,5,12H2,1H3,(H,13,14,16). The molecule has 2 rings (SSSR count). The van der Waals surface area contributed by atoms with Crippen molar-refractivity contribution in [2.75, 3.05) is 11.1 Å². The van der Waals surface area contributed by atoms with Gasteiger partial charge < -0.3 is 11.1 Å². The van der Waals surface area contributed by atoms with E-state index in [2.05, 4.69) is 20.4 Å². The zero-order valence-electron chi connectivity index (χ0n) is 9.25. The topological polar surface area (TPSA) is 105 Å². The van der Waals surface area contributed by atoms with Crippen molar-refractivity contribution in [1.82, 2.24) is 19.7 Å². The first kappa shape index (κ1) is 10.9. The third-order valence-electron chi connectivity index (χ3n) is 2.27. The molecule has 0 saturated carbocycles. The van der Waals surface area contributed by atoms with E-state index >= 15 is 0 Å². The maximum Gasteiger partial charge on any atom is 0.224 e. The molecule has 3 N–H and O–H groups in total. The van der Waals surface area contributed by atoms with E-state index in [4.69, 9.17) is 11.0 Å². The molecular weight excluding hydrogens is 218 g/mol. The van der Waals surface area contributed by atoms with Crippen LogP contribution in [0.25, 0.3) is 0 Å². The van der Waals surface area contributed by atoms with Crippen LogP contribution in [-0.4, -0.2) is 19.7 Å². The normalized spacial score (nSPS) is 9.88. The molecule has 2 aromatic rings. The minimum Gasteiger partial charge on any atom is -0.384 e. The Morgan fingerprint density at radius 2 is 2.41 bits per heavy atom. The summed E-state index contributed by atoms with van der Waals surface area (Å²) in [7, 11) is 1.77. The van der Waals surface area contributed by atoms with Crippen molar-refractivity contribution in [2.45, 2.75) is 6.54 Å². The van der Waals surface area contributed by atoms with Crippen molar-refractivity contribution >= 4 is 11.8 Å². The van der Waals surface area contributed by atoms with Crippen LogP contribution in [0.1, 0.15) is 11.3 Å². The van der Waals surface area contributed by atoms with E-state index in [1.54, 1.807) is 24.0 Å². The van der Waals surface area contributed by atoms with E-state index in [1.807, 2.05) is 6.07 Å². The number of nitriles is 1. The van der Waals surface area contributed by atoms with Crippen molar-refractivity contribution in [2.24, 2.45) is 7.05 Å². The molecule has 7 heteroatoms. The van der Waals surface area contributed by atoms with Gasteiger partial charge in [0.25, 0.3) is 0 Å². The summed E-state index contributed by atoms with van der Waals surface area (Å²) in [5, 5.41) is 15.7. The number of nitrogens with zero attached hydrogens (tertiary/aromatic N) is 5. The number of nitrogens with two attached hydrogens (primary N) is 1. The molecule has 0 saturated heterocycles. The number of anilines is 2. The maximum atomic E-state index is 8.69. The van der Waals surface area contributed by atoms with Gasteiger partial charge in [0.15, 0.2) is 0 Å². The fraction of sp³-hybridized carbons (Fsp3) is 0.200. The lowest BCUT2D eigenvalue weighted by atomic mass is 10.3. The van der Waals surface area contributed by atoms with Gasteiger partial charge in [-0.15, -0.1) is 0 Å². The summed E-state index contributed by atoms with van der Waals surface area (Å²) in [5.74, 6) is 0.987. The molecule has 17 heavy (non-hydrogen) atoms. The van der Waals surface area contributed by atoms with E-state index in [1.165, 1.54) is 6.20 Å². The Balaban J connectivity index is 2.07. The van der Waals surface area contributed by atoms with Crippen molar-refractivity contribution in [3.63, 3.8) is 0 Å². The van der Waals surface area contributed by atoms with E-state index in [0.29, 0.717) is 24.0 Å². The lowest BCUT2D eigenvalue weighted by molar-refractivity contribution is 0.778. The average molecular weight is 229 g/mol. The summed E-state index contributed by atoms with van der Waals surface area (Å²) in [6, 6.07) is 3.49. The Hall–Kier alpha value is -2.62. The summed E-state index contributed by atoms with van der Waals surface area (Å²) in [4.78, 5) is 7.99. The van der Waals surface area contributed by atoms with Crippen molar-refractivity contribution in [3.05, 3.63) is 29.7 Å². The quantitative estimate of drug-likeness (QED) is 0.782. The molecule has 0 aliphatic rings. The van der Waals surface area contributed by atoms with Crippen LogP contribution in [0.4, 0.5) is 11.8 Å². The van der Waals surface area contributed by atoms with Gasteiger partial charge in [-0.2, -0.15) is 10.4 Å². The highest BCUT2D eigenvalue weighted by Crippen LogP contribution is 2.10. The Bertz CT molecular complexity index is 566. The Kier molecular flexibility index (Phi) is 2.87. The molecule has 0 spiro atoms. The van der Waals surface area contributed by atoms with Crippen molar-refractivity contribution < 1.29 is 0 Å². The zero-order valence-corrected chi connectivity index (χ0v) is 9.25. The lowest BCUT2D eigenvalue weighted by Gasteiger charge is -2.03. The second-order valence-corrected chi connectivity index (χ2v) is 3.41. The number of rotatable bonds is 3. The van der Waals surface area contributed by atoms with Crippen LogP contribution in [0.15, 0.2) is 18.5 Å². The first-order valence-corrected chi connectivity index (χ1v) is 4.94. The number of nitrogens with one attached hydrogen (secondary N) is 1. The van der Waals surface area contributed by atoms with Gasteiger partial charge in [0.2, 0.25) is 5.95 Å². The van der Waals surface area contributed by atoms with Crippen LogP contribution >= 0.6 is 0 Å². The molecule has 0 fully saturated rings. The Labute approximate surface area is 97.9 Å². The number of aryl methyl sites for hydroxylation is 1. The van der Waals surface area contributed by atoms with Crippen LogP contribution < -0.4 is 11.1 Å². The van der Waals surface area contributed by atoms with Gasteiger partial charge in [-0.3, -0.25) is 4.68 Å². The summed E-state index contributed by atoms with van der Waals surface area (Å²) in [6.45, 7) is 0.467. The lowest BCUT2D eigenvalue weighted by Crippen LogP contribution is -2.06. The van der Waals surface area contributed by atoms with Gasteiger partial charge in [-0.05, 0) is 6.07 Å². The third kappa shape index (κ3) is 2.31. The van der Waals surface area contributed by atoms with Gasteiger partial charge in [0, 0.05) is 25.4 Å². The van der Waals surface area contributed by atoms with Crippen LogP contribution in [0.5, 0.6) is 0 Å². The van der Waals surface area contributed by atoms with Crippen LogP contribution in [0.2, 0.25) is 0 Å². The molecule has 0 aliphatic carbocycles. The van der Waals surface area contributed by atoms with Crippen LogP contribution in [0, 0.1) is 11.3 Å². The summed E-state index contributed by atoms with van der Waals surface area (Å²) in [5.41, 5.74) is 6.97. The zero-order chi connectivity index (χ0) is 12.3. The average Bonchev–Trinajstić information content (AvgIpc) is 2.68. The molecule has 0 aliphatic heterocycles. The minimum atomic E-state index is 0.321. The van der Waals surface area contributed by atoms with Crippen molar-refractivity contribution in [3.8, 4) is 6.07 Å². The predicted molar refractivity (Wildman–Crippen MR) is 61.7 cm³/mol. The fourth-order valence-corrected chi connectivity index (χ4v) is 1.31. The highest BCUT2D eigenvalue weighted by Gasteiger charge is 2.05. The largest absolute Gasteiger partial charge is 0.384 e. The monoisotopic (exact) mass is 229 g/mol. The highest BCUT2D eigenvalue weighted by molar-refractivity contribution is 5.41. The van der Waals surface area contributed by atoms with Gasteiger partial charge in [0.1, 0.15) is 17.6 Å². The number of nitrogen functional groups attached to an aromatic ring is 1. The highest BCUT2D eigenvalue weighted by atomic mass is 15.3. The van der Waals surface area contributed by atoms with Gasteiger partial charge in [0.05, 0.1) is 6.20 Å². The SMILES string of the molecule is Cn1ncc(CNc2nccc(C#N)n2)c1N. The molecule has 0 radical (unpaired) electrons. The molecule has 0 bridgehead atoms. The van der Waals surface area contributed by atoms with E-state index in [-0.39, 0.29) is 0 Å². The van der Waals surface area contributed by atoms with Gasteiger partial charge in [-0.25, -0.2) is 9.97 Å². The third-order valence-corrected chi connectivity index (χ3v) is 2.27. The van der Waals surface area contributed by atoms with E-state index < -0.39 is 0 Å². The van der Waals surface area contributed by atoms with Crippen LogP contribution in [-0.2, 0) is 13.6 Å². The summed E-state index contributed by atoms with van der Waals surface area (Å²) >= 11 is 0. The van der Waals surface area contributed by atoms with Crippen molar-refractivity contribution in [1.29, 1.82) is 5.26 Å². The van der Waals surface area contributed by atoms with E-state index in [9.17, 15) is 0 Å². The minimum absolute atomic E-state index is 0.321. The summed E-state index contributed by atoms with van der Waals surface area (Å²) in [6.07, 6.45) is 3.21. The smallest absolute Gasteiger partial charge is 0.224 e. The van der Waals surface area contributed by atoms with Gasteiger partial charge >= 0.3 is 0 Å². The van der Waals surface area contributed by atoms with Crippen LogP contribution in [0.3, 0.4) is 0 Å². The molecule has 86 valence electrons. The molecular formula is C10H11N7. The molecule has 2 heterocycles. The fourth-order valence-electron chi connectivity index (χ4n) is 1.31. The molecule has 0 amide bonds. The molecule has 0 unspecified atom stereocenters. The second-order valence-electron chi connectivity index (χ2n) is 3.41. The predicted octanol–water partition coefficient (Wildman–Crippen LogP) is 0.276. The molecule has 0 aromatic carbocycles. The first-order valence-electron chi connectivity index (χ1n) is 4.94. The van der Waals surface area contributed by atoms with E-state index in [0.717, 1.165) is 5.56 Å². The molecule has 7 nitrogen and oxygen atoms in total. The number of hydrogen-bond acceptors (Lipinski definition) is 6. The first-order chi connectivity index (χ1) is 8.20. The molecule has 0 atom stereocenters. The number of hydrogen-bond donors (Lipinski definition) is 2. The second kappa shape index (κ2) is 4.49.